The van der Waals surface area contributed by atoms with E-state index >= 15 is 0 Å². The van der Waals surface area contributed by atoms with Gasteiger partial charge in [0.25, 0.3) is 0 Å². The Kier molecular flexibility index (Phi) is 2.65. The van der Waals surface area contributed by atoms with Crippen molar-refractivity contribution >= 4 is 0 Å². The lowest BCUT2D eigenvalue weighted by molar-refractivity contribution is 0.338. The van der Waals surface area contributed by atoms with E-state index in [2.05, 4.69) is 0 Å². The number of benzene rings is 1. The summed E-state index contributed by atoms with van der Waals surface area (Å²) >= 11 is 0. The highest BCUT2D eigenvalue weighted by atomic mass is 19.1. The first kappa shape index (κ1) is 8.54. The zero-order valence-corrected chi connectivity index (χ0v) is 6.67. The van der Waals surface area contributed by atoms with Gasteiger partial charge in [-0.15, -0.1) is 0 Å². The lowest BCUT2D eigenvalue weighted by Crippen LogP contribution is -1.92. The van der Waals surface area contributed by atoms with Gasteiger partial charge in [-0.05, 0) is 19.1 Å². The molecule has 1 rings (SSSR count). The molecule has 0 spiro atoms. The third-order valence-electron chi connectivity index (χ3n) is 1.31. The Balaban J connectivity index is 3.00. The van der Waals surface area contributed by atoms with Crippen molar-refractivity contribution < 1.29 is 9.13 Å². The second-order valence-corrected chi connectivity index (χ2v) is 2.22. The zero-order chi connectivity index (χ0) is 8.97. The van der Waals surface area contributed by atoms with E-state index in [0.717, 1.165) is 0 Å². The minimum absolute atomic E-state index is 0.276. The molecule has 1 aromatic rings. The van der Waals surface area contributed by atoms with Crippen LogP contribution in [0.5, 0.6) is 5.75 Å². The highest BCUT2D eigenvalue weighted by molar-refractivity contribution is 5.36. The molecule has 12 heavy (non-hydrogen) atoms. The van der Waals surface area contributed by atoms with Crippen LogP contribution in [0.15, 0.2) is 18.2 Å². The van der Waals surface area contributed by atoms with Gasteiger partial charge in [0.15, 0.2) is 0 Å². The highest BCUT2D eigenvalue weighted by Crippen LogP contribution is 2.15. The summed E-state index contributed by atoms with van der Waals surface area (Å²) in [5.41, 5.74) is 0.276. The molecule has 0 aliphatic carbocycles. The Morgan fingerprint density at radius 3 is 2.83 bits per heavy atom. The smallest absolute Gasteiger partial charge is 0.128 e. The summed E-state index contributed by atoms with van der Waals surface area (Å²) in [6.07, 6.45) is 0. The van der Waals surface area contributed by atoms with Crippen molar-refractivity contribution in [1.82, 2.24) is 0 Å². The van der Waals surface area contributed by atoms with E-state index in [1.165, 1.54) is 18.2 Å². The molecule has 0 heterocycles. The number of rotatable bonds is 2. The van der Waals surface area contributed by atoms with Gasteiger partial charge in [-0.3, -0.25) is 0 Å². The molecule has 0 saturated heterocycles. The molecule has 0 atom stereocenters. The monoisotopic (exact) mass is 165 g/mol. The molecule has 0 aliphatic heterocycles. The van der Waals surface area contributed by atoms with E-state index in [1.54, 1.807) is 6.92 Å². The van der Waals surface area contributed by atoms with Gasteiger partial charge in [0.1, 0.15) is 11.6 Å². The maximum Gasteiger partial charge on any atom is 0.128 e. The molecule has 2 nitrogen and oxygen atoms in total. The predicted molar refractivity (Wildman–Crippen MR) is 42.3 cm³/mol. The average molecular weight is 165 g/mol. The summed E-state index contributed by atoms with van der Waals surface area (Å²) in [4.78, 5) is 0. The third kappa shape index (κ3) is 1.96. The molecule has 0 saturated carbocycles. The molecular weight excluding hydrogens is 157 g/mol. The number of hydrogen-bond acceptors (Lipinski definition) is 2. The molecule has 0 amide bonds. The summed E-state index contributed by atoms with van der Waals surface area (Å²) < 4.78 is 17.7. The van der Waals surface area contributed by atoms with Crippen molar-refractivity contribution in [3.63, 3.8) is 0 Å². The van der Waals surface area contributed by atoms with Crippen molar-refractivity contribution in [2.75, 3.05) is 6.61 Å². The van der Waals surface area contributed by atoms with Gasteiger partial charge >= 0.3 is 0 Å². The molecule has 0 N–H and O–H groups in total. The molecule has 62 valence electrons. The Hall–Kier alpha value is -1.56. The van der Waals surface area contributed by atoms with Crippen molar-refractivity contribution in [2.24, 2.45) is 0 Å². The van der Waals surface area contributed by atoms with Gasteiger partial charge in [0.2, 0.25) is 0 Å². The van der Waals surface area contributed by atoms with E-state index < -0.39 is 5.82 Å². The van der Waals surface area contributed by atoms with Gasteiger partial charge in [-0.1, -0.05) is 0 Å². The zero-order valence-electron chi connectivity index (χ0n) is 6.67. The van der Waals surface area contributed by atoms with Crippen LogP contribution in [-0.4, -0.2) is 6.61 Å². The fraction of sp³-hybridized carbons (Fsp3) is 0.222. The van der Waals surface area contributed by atoms with Crippen LogP contribution in [-0.2, 0) is 0 Å². The Morgan fingerprint density at radius 2 is 2.25 bits per heavy atom. The van der Waals surface area contributed by atoms with Crippen molar-refractivity contribution in [2.45, 2.75) is 6.92 Å². The summed E-state index contributed by atoms with van der Waals surface area (Å²) in [6, 6.07) is 5.78. The average Bonchev–Trinajstić information content (AvgIpc) is 2.04. The Morgan fingerprint density at radius 1 is 1.50 bits per heavy atom. The predicted octanol–water partition coefficient (Wildman–Crippen LogP) is 2.10. The molecule has 3 heteroatoms. The minimum atomic E-state index is -0.447. The van der Waals surface area contributed by atoms with Gasteiger partial charge in [0.05, 0.1) is 18.2 Å². The lowest BCUT2D eigenvalue weighted by atomic mass is 10.2. The van der Waals surface area contributed by atoms with E-state index in [4.69, 9.17) is 10.00 Å². The topological polar surface area (TPSA) is 33.0 Å². The minimum Gasteiger partial charge on any atom is -0.494 e. The summed E-state index contributed by atoms with van der Waals surface area (Å²) in [7, 11) is 0. The first-order valence-electron chi connectivity index (χ1n) is 3.59. The summed E-state index contributed by atoms with van der Waals surface area (Å²) in [5, 5.41) is 8.48. The third-order valence-corrected chi connectivity index (χ3v) is 1.31. The summed E-state index contributed by atoms with van der Waals surface area (Å²) in [5.74, 6) is -0.0495. The molecule has 0 aromatic heterocycles. The van der Waals surface area contributed by atoms with E-state index in [0.29, 0.717) is 12.4 Å². The molecule has 0 radical (unpaired) electrons. The van der Waals surface area contributed by atoms with Crippen molar-refractivity contribution in [3.05, 3.63) is 29.6 Å². The molecule has 1 aromatic carbocycles. The Bertz CT molecular complexity index is 317. The van der Waals surface area contributed by atoms with Crippen LogP contribution in [0, 0.1) is 17.1 Å². The fourth-order valence-electron chi connectivity index (χ4n) is 0.877. The molecule has 0 unspecified atom stereocenters. The van der Waals surface area contributed by atoms with Gasteiger partial charge in [-0.25, -0.2) is 4.39 Å². The van der Waals surface area contributed by atoms with E-state index in [1.807, 2.05) is 6.07 Å². The standard InChI is InChI=1S/C9H8FNO/c1-2-12-9-4-7(6-11)3-8(10)5-9/h3-5H,2H2,1H3. The van der Waals surface area contributed by atoms with Crippen LogP contribution in [0.4, 0.5) is 4.39 Å². The largest absolute Gasteiger partial charge is 0.494 e. The number of nitriles is 1. The van der Waals surface area contributed by atoms with Gasteiger partial charge < -0.3 is 4.74 Å². The van der Waals surface area contributed by atoms with E-state index in [-0.39, 0.29) is 5.56 Å². The van der Waals surface area contributed by atoms with Crippen molar-refractivity contribution in [1.29, 1.82) is 5.26 Å². The Labute approximate surface area is 70.2 Å². The van der Waals surface area contributed by atoms with E-state index in [9.17, 15) is 4.39 Å². The molecule has 0 aliphatic rings. The van der Waals surface area contributed by atoms with Gasteiger partial charge in [-0.2, -0.15) is 5.26 Å². The number of hydrogen-bond donors (Lipinski definition) is 0. The second-order valence-electron chi connectivity index (χ2n) is 2.22. The quantitative estimate of drug-likeness (QED) is 0.672. The highest BCUT2D eigenvalue weighted by Gasteiger charge is 1.99. The van der Waals surface area contributed by atoms with Crippen LogP contribution < -0.4 is 4.74 Å². The maximum absolute atomic E-state index is 12.7. The maximum atomic E-state index is 12.7. The van der Waals surface area contributed by atoms with Crippen LogP contribution in [0.25, 0.3) is 0 Å². The molecule has 0 fully saturated rings. The number of halogens is 1. The second kappa shape index (κ2) is 3.72. The SMILES string of the molecule is CCOc1cc(F)cc(C#N)c1. The van der Waals surface area contributed by atoms with Crippen LogP contribution in [0.1, 0.15) is 12.5 Å². The molecular formula is C9H8FNO. The summed E-state index contributed by atoms with van der Waals surface area (Å²) in [6.45, 7) is 2.27. The van der Waals surface area contributed by atoms with Crippen LogP contribution in [0.3, 0.4) is 0 Å². The lowest BCUT2D eigenvalue weighted by Gasteiger charge is -2.02. The molecule has 0 bridgehead atoms. The van der Waals surface area contributed by atoms with Crippen LogP contribution in [0.2, 0.25) is 0 Å². The van der Waals surface area contributed by atoms with Crippen molar-refractivity contribution in [3.8, 4) is 11.8 Å². The first-order chi connectivity index (χ1) is 5.76. The number of ether oxygens (including phenoxy) is 1. The normalized spacial score (nSPS) is 9.08. The van der Waals surface area contributed by atoms with Crippen LogP contribution >= 0.6 is 0 Å². The number of nitrogens with zero attached hydrogens (tertiary/aromatic N) is 1. The van der Waals surface area contributed by atoms with Gasteiger partial charge in [0, 0.05) is 6.07 Å². The fourth-order valence-corrected chi connectivity index (χ4v) is 0.877. The first-order valence-corrected chi connectivity index (χ1v) is 3.59.